The lowest BCUT2D eigenvalue weighted by molar-refractivity contribution is -0.0860. The zero-order valence-electron chi connectivity index (χ0n) is 13.4. The fourth-order valence-electron chi connectivity index (χ4n) is 2.73. The van der Waals surface area contributed by atoms with Crippen LogP contribution in [0.4, 0.5) is 13.2 Å². The number of allylic oxidation sites excluding steroid dienone is 6. The van der Waals surface area contributed by atoms with Gasteiger partial charge in [0.2, 0.25) is 0 Å². The van der Waals surface area contributed by atoms with E-state index in [0.717, 1.165) is 20.8 Å². The van der Waals surface area contributed by atoms with Crippen molar-refractivity contribution in [2.75, 3.05) is 7.05 Å². The Morgan fingerprint density at radius 2 is 1.96 bits per heavy atom. The van der Waals surface area contributed by atoms with Gasteiger partial charge in [-0.15, -0.1) is 11.3 Å². The van der Waals surface area contributed by atoms with E-state index in [0.29, 0.717) is 11.1 Å². The number of hydrogen-bond donors (Lipinski definition) is 0. The molecule has 2 aromatic rings. The van der Waals surface area contributed by atoms with E-state index >= 15 is 0 Å². The summed E-state index contributed by atoms with van der Waals surface area (Å²) in [7, 11) is 1.38. The first kappa shape index (κ1) is 16.6. The van der Waals surface area contributed by atoms with Gasteiger partial charge in [0.05, 0.1) is 26.5 Å². The lowest BCUT2D eigenvalue weighted by Gasteiger charge is -2.20. The summed E-state index contributed by atoms with van der Waals surface area (Å²) in [6.07, 6.45) is 0.112. The second-order valence-electron chi connectivity index (χ2n) is 5.39. The molecule has 1 aliphatic carbocycles. The molecule has 1 heterocycles. The van der Waals surface area contributed by atoms with E-state index in [2.05, 4.69) is 9.98 Å². The number of rotatable bonds is 1. The van der Waals surface area contributed by atoms with Crippen molar-refractivity contribution in [2.45, 2.75) is 20.0 Å². The van der Waals surface area contributed by atoms with Crippen LogP contribution >= 0.6 is 11.3 Å². The van der Waals surface area contributed by atoms with E-state index in [4.69, 9.17) is 0 Å². The van der Waals surface area contributed by atoms with Crippen LogP contribution in [0.2, 0.25) is 0 Å². The van der Waals surface area contributed by atoms with Crippen LogP contribution < -0.4 is 0 Å². The molecule has 0 aliphatic heterocycles. The molecule has 0 spiro atoms. The first-order valence-electron chi connectivity index (χ1n) is 7.35. The smallest absolute Gasteiger partial charge is 0.287 e. The summed E-state index contributed by atoms with van der Waals surface area (Å²) in [6.45, 7) is 3.62. The molecule has 0 bridgehead atoms. The third kappa shape index (κ3) is 2.94. The van der Waals surface area contributed by atoms with Gasteiger partial charge in [-0.1, -0.05) is 12.1 Å². The fraction of sp³-hybridized carbons (Fsp3) is 0.222. The highest BCUT2D eigenvalue weighted by molar-refractivity contribution is 7.18. The number of alkyl halides is 3. The Morgan fingerprint density at radius 3 is 2.58 bits per heavy atom. The molecule has 6 heteroatoms. The van der Waals surface area contributed by atoms with E-state index in [1.807, 2.05) is 19.1 Å². The average molecular weight is 348 g/mol. The highest BCUT2D eigenvalue weighted by atomic mass is 32.1. The van der Waals surface area contributed by atoms with Gasteiger partial charge in [-0.05, 0) is 54.8 Å². The van der Waals surface area contributed by atoms with Crippen molar-refractivity contribution in [1.29, 1.82) is 0 Å². The van der Waals surface area contributed by atoms with E-state index in [1.54, 1.807) is 25.1 Å². The van der Waals surface area contributed by atoms with Gasteiger partial charge >= 0.3 is 6.18 Å². The van der Waals surface area contributed by atoms with Gasteiger partial charge in [0.25, 0.3) is 0 Å². The van der Waals surface area contributed by atoms with Gasteiger partial charge in [-0.2, -0.15) is 13.2 Å². The first-order chi connectivity index (χ1) is 11.3. The number of thiazole rings is 1. The van der Waals surface area contributed by atoms with Crippen LogP contribution in [0, 0.1) is 6.92 Å². The van der Waals surface area contributed by atoms with Crippen molar-refractivity contribution in [2.24, 2.45) is 4.99 Å². The monoisotopic (exact) mass is 348 g/mol. The quantitative estimate of drug-likeness (QED) is 0.667. The van der Waals surface area contributed by atoms with Crippen molar-refractivity contribution in [1.82, 2.24) is 4.98 Å². The van der Waals surface area contributed by atoms with E-state index in [9.17, 15) is 13.2 Å². The molecule has 1 aromatic heterocycles. The third-order valence-electron chi connectivity index (χ3n) is 3.81. The van der Waals surface area contributed by atoms with Crippen molar-refractivity contribution in [3.05, 3.63) is 58.1 Å². The molecule has 1 aromatic carbocycles. The summed E-state index contributed by atoms with van der Waals surface area (Å²) in [4.78, 5) is 8.22. The summed E-state index contributed by atoms with van der Waals surface area (Å²) >= 11 is 1.53. The van der Waals surface area contributed by atoms with Crippen LogP contribution in [-0.2, 0) is 0 Å². The minimum atomic E-state index is -4.45. The molecule has 0 atom stereocenters. The highest BCUT2D eigenvalue weighted by Crippen LogP contribution is 2.37. The molecule has 0 amide bonds. The molecule has 0 unspecified atom stereocenters. The molecule has 1 aliphatic rings. The second kappa shape index (κ2) is 6.02. The lowest BCUT2D eigenvalue weighted by Crippen LogP contribution is -2.23. The Kier molecular flexibility index (Phi) is 4.17. The van der Waals surface area contributed by atoms with Crippen LogP contribution in [0.3, 0.4) is 0 Å². The van der Waals surface area contributed by atoms with Crippen LogP contribution in [0.15, 0.2) is 52.6 Å². The molecule has 0 fully saturated rings. The van der Waals surface area contributed by atoms with Gasteiger partial charge in [-0.3, -0.25) is 4.99 Å². The average Bonchev–Trinajstić information content (AvgIpc) is 2.91. The Balaban J connectivity index is 2.17. The number of fused-ring (bicyclic) bond motifs is 1. The number of nitrogens with zero attached hydrogens (tertiary/aromatic N) is 2. The van der Waals surface area contributed by atoms with Crippen LogP contribution in [0.1, 0.15) is 17.5 Å². The summed E-state index contributed by atoms with van der Waals surface area (Å²) in [5.74, 6) is 0. The van der Waals surface area contributed by atoms with Crippen molar-refractivity contribution in [3.8, 4) is 0 Å². The Labute approximate surface area is 141 Å². The fourth-order valence-corrected chi connectivity index (χ4v) is 3.60. The zero-order chi connectivity index (χ0) is 17.5. The van der Waals surface area contributed by atoms with Crippen LogP contribution in [0.25, 0.3) is 15.8 Å². The molecular formula is C18H15F3N2S. The molecular weight excluding hydrogens is 333 g/mol. The Hall–Kier alpha value is -2.21. The predicted molar refractivity (Wildman–Crippen MR) is 93.6 cm³/mol. The van der Waals surface area contributed by atoms with Crippen LogP contribution in [-0.4, -0.2) is 23.9 Å². The number of aliphatic imine (C=N–C) groups is 1. The number of benzene rings is 1. The summed E-state index contributed by atoms with van der Waals surface area (Å²) in [5.41, 5.74) is 1.86. The lowest BCUT2D eigenvalue weighted by atomic mass is 9.89. The third-order valence-corrected chi connectivity index (χ3v) is 4.74. The van der Waals surface area contributed by atoms with Gasteiger partial charge in [0, 0.05) is 7.05 Å². The molecule has 0 radical (unpaired) electrons. The van der Waals surface area contributed by atoms with E-state index < -0.39 is 11.7 Å². The van der Waals surface area contributed by atoms with Crippen molar-refractivity contribution in [3.63, 3.8) is 0 Å². The summed E-state index contributed by atoms with van der Waals surface area (Å²) < 4.78 is 41.2. The van der Waals surface area contributed by atoms with Crippen LogP contribution in [0.5, 0.6) is 0 Å². The van der Waals surface area contributed by atoms with Gasteiger partial charge < -0.3 is 0 Å². The SMILES string of the molecule is C/C=C1/C=C(c2ccc3nc(C)sc3c2)C=C(C(F)(F)F)C1=NC. The summed E-state index contributed by atoms with van der Waals surface area (Å²) in [6, 6.07) is 5.53. The minimum absolute atomic E-state index is 0.0246. The Morgan fingerprint density at radius 1 is 1.21 bits per heavy atom. The molecule has 2 nitrogen and oxygen atoms in total. The number of halogens is 3. The summed E-state index contributed by atoms with van der Waals surface area (Å²) in [5, 5.41) is 0.931. The van der Waals surface area contributed by atoms with Gasteiger partial charge in [0.15, 0.2) is 0 Å². The maximum atomic E-state index is 13.4. The number of hydrogen-bond acceptors (Lipinski definition) is 3. The Bertz CT molecular complexity index is 927. The van der Waals surface area contributed by atoms with E-state index in [-0.39, 0.29) is 5.71 Å². The first-order valence-corrected chi connectivity index (χ1v) is 8.17. The van der Waals surface area contributed by atoms with Crippen molar-refractivity contribution < 1.29 is 13.2 Å². The molecule has 3 rings (SSSR count). The molecule has 124 valence electrons. The number of aromatic nitrogens is 1. The maximum Gasteiger partial charge on any atom is 0.418 e. The number of aryl methyl sites for hydroxylation is 1. The zero-order valence-corrected chi connectivity index (χ0v) is 14.2. The molecule has 0 N–H and O–H groups in total. The molecule has 0 saturated heterocycles. The predicted octanol–water partition coefficient (Wildman–Crippen LogP) is 5.51. The second-order valence-corrected chi connectivity index (χ2v) is 6.62. The van der Waals surface area contributed by atoms with Gasteiger partial charge in [0.1, 0.15) is 0 Å². The molecule has 24 heavy (non-hydrogen) atoms. The largest absolute Gasteiger partial charge is 0.418 e. The maximum absolute atomic E-state index is 13.4. The topological polar surface area (TPSA) is 25.2 Å². The minimum Gasteiger partial charge on any atom is -0.287 e. The highest BCUT2D eigenvalue weighted by Gasteiger charge is 2.39. The standard InChI is InChI=1S/C18H15F3N2S/c1-4-11-7-13(8-14(17(11)22-3)18(19,20)21)12-5-6-15-16(9-12)24-10(2)23-15/h4-9H,1-3H3/b11-4-,22-17?. The van der Waals surface area contributed by atoms with Crippen molar-refractivity contribution >= 4 is 32.8 Å². The van der Waals surface area contributed by atoms with E-state index in [1.165, 1.54) is 24.5 Å². The normalized spacial score (nSPS) is 19.1. The van der Waals surface area contributed by atoms with Gasteiger partial charge in [-0.25, -0.2) is 4.98 Å². The molecule has 0 saturated carbocycles.